The third-order valence-electron chi connectivity index (χ3n) is 2.79. The van der Waals surface area contributed by atoms with Gasteiger partial charge in [-0.2, -0.15) is 15.6 Å². The molecular weight excluding hydrogens is 380 g/mol. The summed E-state index contributed by atoms with van der Waals surface area (Å²) in [5.41, 5.74) is 0.402. The molecule has 0 radical (unpaired) electrons. The number of thiophene rings is 1. The van der Waals surface area contributed by atoms with Crippen molar-refractivity contribution in [1.82, 2.24) is 4.31 Å². The highest BCUT2D eigenvalue weighted by atomic mass is 79.9. The van der Waals surface area contributed by atoms with Crippen LogP contribution in [0.15, 0.2) is 44.4 Å². The van der Waals surface area contributed by atoms with E-state index in [9.17, 15) is 18.5 Å². The molecule has 0 amide bonds. The first-order valence-electron chi connectivity index (χ1n) is 5.73. The van der Waals surface area contributed by atoms with Crippen molar-refractivity contribution < 1.29 is 13.3 Å². The number of hydrogen-bond acceptors (Lipinski definition) is 5. The summed E-state index contributed by atoms with van der Waals surface area (Å²) in [4.78, 5) is 10.0. The predicted molar refractivity (Wildman–Crippen MR) is 83.8 cm³/mol. The van der Waals surface area contributed by atoms with Crippen LogP contribution in [-0.4, -0.2) is 24.7 Å². The van der Waals surface area contributed by atoms with E-state index < -0.39 is 20.6 Å². The van der Waals surface area contributed by atoms with E-state index in [1.165, 1.54) is 36.6 Å². The molecule has 0 aliphatic carbocycles. The molecule has 0 saturated heterocycles. The molecule has 1 heterocycles. The minimum atomic E-state index is -3.95. The van der Waals surface area contributed by atoms with Crippen LogP contribution in [0.2, 0.25) is 0 Å². The summed E-state index contributed by atoms with van der Waals surface area (Å²) in [6.45, 7) is 0.162. The molecule has 0 spiro atoms. The van der Waals surface area contributed by atoms with Crippen molar-refractivity contribution in [1.29, 1.82) is 0 Å². The van der Waals surface area contributed by atoms with Gasteiger partial charge in [-0.05, 0) is 34.5 Å². The van der Waals surface area contributed by atoms with Crippen molar-refractivity contribution in [2.24, 2.45) is 0 Å². The Morgan fingerprint density at radius 3 is 2.67 bits per heavy atom. The summed E-state index contributed by atoms with van der Waals surface area (Å²) in [7, 11) is -2.55. The van der Waals surface area contributed by atoms with Gasteiger partial charge in [0.25, 0.3) is 5.69 Å². The Labute approximate surface area is 134 Å². The van der Waals surface area contributed by atoms with E-state index in [1.807, 2.05) is 16.8 Å². The van der Waals surface area contributed by atoms with Crippen LogP contribution in [0.25, 0.3) is 0 Å². The highest BCUT2D eigenvalue weighted by Crippen LogP contribution is 2.29. The van der Waals surface area contributed by atoms with E-state index in [1.54, 1.807) is 0 Å². The van der Waals surface area contributed by atoms with Crippen molar-refractivity contribution in [3.05, 3.63) is 55.2 Å². The largest absolute Gasteiger partial charge is 0.289 e. The number of nitro groups is 1. The average molecular weight is 391 g/mol. The fraction of sp³-hybridized carbons (Fsp3) is 0.167. The Kier molecular flexibility index (Phi) is 4.77. The number of nitro benzene ring substituents is 1. The molecule has 0 unspecified atom stereocenters. The molecule has 0 N–H and O–H groups in total. The van der Waals surface area contributed by atoms with E-state index in [4.69, 9.17) is 0 Å². The third-order valence-corrected chi connectivity index (χ3v) is 5.85. The van der Waals surface area contributed by atoms with E-state index >= 15 is 0 Å². The summed E-state index contributed by atoms with van der Waals surface area (Å²) >= 11 is 4.61. The lowest BCUT2D eigenvalue weighted by Gasteiger charge is -2.16. The molecule has 1 aromatic heterocycles. The van der Waals surface area contributed by atoms with Gasteiger partial charge in [-0.3, -0.25) is 10.1 Å². The van der Waals surface area contributed by atoms with Gasteiger partial charge in [0.1, 0.15) is 0 Å². The molecule has 9 heteroatoms. The van der Waals surface area contributed by atoms with Crippen LogP contribution in [0.3, 0.4) is 0 Å². The average Bonchev–Trinajstić information content (AvgIpc) is 2.91. The molecule has 0 bridgehead atoms. The molecule has 1 aromatic carbocycles. The molecule has 0 saturated carbocycles. The maximum atomic E-state index is 12.5. The summed E-state index contributed by atoms with van der Waals surface area (Å²) in [6, 6.07) is 5.68. The summed E-state index contributed by atoms with van der Waals surface area (Å²) in [6.07, 6.45) is 0. The second-order valence-corrected chi connectivity index (χ2v) is 7.97. The first-order valence-corrected chi connectivity index (χ1v) is 8.91. The fourth-order valence-electron chi connectivity index (χ4n) is 1.74. The Morgan fingerprint density at radius 1 is 1.38 bits per heavy atom. The SMILES string of the molecule is CN(Cc1ccsc1)S(=O)(=O)c1cc(Br)ccc1[N+](=O)[O-]. The Hall–Kier alpha value is -1.29. The molecule has 6 nitrogen and oxygen atoms in total. The number of benzene rings is 1. The van der Waals surface area contributed by atoms with Crippen molar-refractivity contribution in [2.45, 2.75) is 11.4 Å². The third kappa shape index (κ3) is 3.49. The van der Waals surface area contributed by atoms with Gasteiger partial charge in [0.15, 0.2) is 4.90 Å². The van der Waals surface area contributed by atoms with Crippen molar-refractivity contribution in [3.63, 3.8) is 0 Å². The first-order chi connectivity index (χ1) is 9.82. The molecule has 2 aromatic rings. The highest BCUT2D eigenvalue weighted by Gasteiger charge is 2.29. The smallest absolute Gasteiger partial charge is 0.258 e. The lowest BCUT2D eigenvalue weighted by molar-refractivity contribution is -0.387. The van der Waals surface area contributed by atoms with Crippen LogP contribution in [-0.2, 0) is 16.6 Å². The number of halogens is 1. The molecule has 0 fully saturated rings. The predicted octanol–water partition coefficient (Wildman–Crippen LogP) is 3.24. The Bertz CT molecular complexity index is 760. The number of hydrogen-bond donors (Lipinski definition) is 0. The Morgan fingerprint density at radius 2 is 2.10 bits per heavy atom. The van der Waals surface area contributed by atoms with E-state index in [0.29, 0.717) is 4.47 Å². The van der Waals surface area contributed by atoms with Crippen LogP contribution in [0.4, 0.5) is 5.69 Å². The minimum Gasteiger partial charge on any atom is -0.258 e. The van der Waals surface area contributed by atoms with Crippen LogP contribution >= 0.6 is 27.3 Å². The maximum absolute atomic E-state index is 12.5. The van der Waals surface area contributed by atoms with Gasteiger partial charge >= 0.3 is 0 Å². The number of rotatable bonds is 5. The van der Waals surface area contributed by atoms with E-state index in [-0.39, 0.29) is 11.4 Å². The van der Waals surface area contributed by atoms with E-state index in [0.717, 1.165) is 9.87 Å². The zero-order valence-corrected chi connectivity index (χ0v) is 14.1. The normalized spacial score (nSPS) is 11.8. The van der Waals surface area contributed by atoms with E-state index in [2.05, 4.69) is 15.9 Å². The monoisotopic (exact) mass is 390 g/mol. The molecule has 0 aliphatic rings. The lowest BCUT2D eigenvalue weighted by Crippen LogP contribution is -2.27. The first kappa shape index (κ1) is 16.1. The highest BCUT2D eigenvalue weighted by molar-refractivity contribution is 9.10. The molecule has 0 atom stereocenters. The molecular formula is C12H11BrN2O4S2. The summed E-state index contributed by atoms with van der Waals surface area (Å²) in [5, 5.41) is 14.7. The standard InChI is InChI=1S/C12H11BrN2O4S2/c1-14(7-9-4-5-20-8-9)21(18,19)12-6-10(13)2-3-11(12)15(16)17/h2-6,8H,7H2,1H3. The van der Waals surface area contributed by atoms with Gasteiger partial charge in [-0.15, -0.1) is 0 Å². The lowest BCUT2D eigenvalue weighted by atomic mass is 10.3. The van der Waals surface area contributed by atoms with Crippen molar-refractivity contribution in [3.8, 4) is 0 Å². The molecule has 21 heavy (non-hydrogen) atoms. The second kappa shape index (κ2) is 6.22. The number of sulfonamides is 1. The topological polar surface area (TPSA) is 80.5 Å². The van der Waals surface area contributed by atoms with Gasteiger partial charge in [-0.1, -0.05) is 15.9 Å². The van der Waals surface area contributed by atoms with Crippen LogP contribution in [0, 0.1) is 10.1 Å². The van der Waals surface area contributed by atoms with Gasteiger partial charge in [0.05, 0.1) is 4.92 Å². The fourth-order valence-corrected chi connectivity index (χ4v) is 4.25. The van der Waals surface area contributed by atoms with Crippen LogP contribution < -0.4 is 0 Å². The van der Waals surface area contributed by atoms with Gasteiger partial charge in [0.2, 0.25) is 10.0 Å². The Balaban J connectivity index is 2.43. The summed E-state index contributed by atoms with van der Waals surface area (Å²) in [5.74, 6) is 0. The van der Waals surface area contributed by atoms with Crippen LogP contribution in [0.1, 0.15) is 5.56 Å². The molecule has 0 aliphatic heterocycles. The van der Waals surface area contributed by atoms with Crippen LogP contribution in [0.5, 0.6) is 0 Å². The van der Waals surface area contributed by atoms with Gasteiger partial charge in [0, 0.05) is 24.1 Å². The summed E-state index contributed by atoms with van der Waals surface area (Å²) < 4.78 is 26.6. The zero-order chi connectivity index (χ0) is 15.6. The second-order valence-electron chi connectivity index (χ2n) is 4.26. The molecule has 112 valence electrons. The maximum Gasteiger partial charge on any atom is 0.289 e. The van der Waals surface area contributed by atoms with Gasteiger partial charge < -0.3 is 0 Å². The van der Waals surface area contributed by atoms with Gasteiger partial charge in [-0.25, -0.2) is 8.42 Å². The van der Waals surface area contributed by atoms with Crippen molar-refractivity contribution >= 4 is 43.0 Å². The quantitative estimate of drug-likeness (QED) is 0.579. The minimum absolute atomic E-state index is 0.162. The molecule has 2 rings (SSSR count). The zero-order valence-electron chi connectivity index (χ0n) is 10.9. The van der Waals surface area contributed by atoms with Crippen molar-refractivity contribution in [2.75, 3.05) is 7.05 Å². The number of nitrogens with zero attached hydrogens (tertiary/aromatic N) is 2.